The number of aromatic hydroxyl groups is 2. The lowest BCUT2D eigenvalue weighted by Gasteiger charge is -2.47. The number of hydrogen-bond acceptors (Lipinski definition) is 14. The number of nitrogens with zero attached hydrogens (tertiary/aromatic N) is 1. The summed E-state index contributed by atoms with van der Waals surface area (Å²) < 4.78 is 29.7. The number of hydrogen-bond donors (Lipinski definition) is 5. The molecule has 4 aliphatic rings. The van der Waals surface area contributed by atoms with Crippen LogP contribution < -0.4 is 4.74 Å². The van der Waals surface area contributed by atoms with Crippen molar-refractivity contribution >= 4 is 17.3 Å². The molecule has 3 aromatic carbocycles. The predicted molar refractivity (Wildman–Crippen MR) is 180 cm³/mol. The van der Waals surface area contributed by atoms with E-state index in [0.717, 1.165) is 5.56 Å². The van der Waals surface area contributed by atoms with E-state index in [1.54, 1.807) is 6.92 Å². The van der Waals surface area contributed by atoms with Crippen molar-refractivity contribution in [1.82, 2.24) is 4.90 Å². The molecule has 7 rings (SSSR count). The number of benzene rings is 3. The summed E-state index contributed by atoms with van der Waals surface area (Å²) in [6, 6.07) is 13.5. The molecular weight excluding hydrogens is 678 g/mol. The van der Waals surface area contributed by atoms with Crippen LogP contribution in [0.4, 0.5) is 0 Å². The zero-order chi connectivity index (χ0) is 36.9. The molecule has 2 fully saturated rings. The van der Waals surface area contributed by atoms with Crippen molar-refractivity contribution in [3.8, 4) is 17.2 Å². The maximum Gasteiger partial charge on any atom is 0.202 e. The molecule has 2 aliphatic carbocycles. The highest BCUT2D eigenvalue weighted by atomic mass is 16.7. The lowest BCUT2D eigenvalue weighted by Crippen LogP contribution is -2.59. The van der Waals surface area contributed by atoms with Gasteiger partial charge >= 0.3 is 0 Å². The van der Waals surface area contributed by atoms with Crippen LogP contribution in [0.2, 0.25) is 0 Å². The van der Waals surface area contributed by atoms with E-state index in [-0.39, 0.29) is 34.4 Å². The van der Waals surface area contributed by atoms with Gasteiger partial charge in [0.2, 0.25) is 5.78 Å². The highest BCUT2D eigenvalue weighted by Crippen LogP contribution is 2.52. The van der Waals surface area contributed by atoms with Crippen molar-refractivity contribution < 1.29 is 63.6 Å². The fourth-order valence-electron chi connectivity index (χ4n) is 7.86. The van der Waals surface area contributed by atoms with Gasteiger partial charge in [0.15, 0.2) is 24.1 Å². The number of phenols is 2. The number of rotatable bonds is 9. The molecule has 0 unspecified atom stereocenters. The number of ketones is 3. The number of phenolic OH excluding ortho intramolecular Hbond substituents is 2. The third kappa shape index (κ3) is 6.28. The number of aliphatic hydroxyl groups is 3. The average molecular weight is 720 g/mol. The van der Waals surface area contributed by atoms with E-state index < -0.39 is 102 Å². The van der Waals surface area contributed by atoms with Gasteiger partial charge in [0.05, 0.1) is 61.9 Å². The maximum absolute atomic E-state index is 14.0. The number of Topliss-reactive ketones (excluding diaryl/α,β-unsaturated/α-hetero) is 1. The molecule has 52 heavy (non-hydrogen) atoms. The third-order valence-corrected chi connectivity index (χ3v) is 10.5. The first-order chi connectivity index (χ1) is 24.9. The van der Waals surface area contributed by atoms with Crippen LogP contribution >= 0.6 is 0 Å². The van der Waals surface area contributed by atoms with Gasteiger partial charge < -0.3 is 49.2 Å². The minimum absolute atomic E-state index is 0.0539. The summed E-state index contributed by atoms with van der Waals surface area (Å²) in [6.45, 7) is 2.14. The zero-order valence-electron chi connectivity index (χ0n) is 28.7. The molecule has 14 nitrogen and oxygen atoms in total. The van der Waals surface area contributed by atoms with Crippen molar-refractivity contribution in [1.29, 1.82) is 0 Å². The molecular formula is C38H41NO13. The monoisotopic (exact) mass is 719 g/mol. The van der Waals surface area contributed by atoms with E-state index in [9.17, 15) is 39.9 Å². The standard InChI is InChI=1S/C38H41NO13/c1-19-33(42)23(39-11-12-49-28(16-39)50-18-20-7-4-3-5-8-20)13-27(51-19)52-25-15-38(47,26(41)17-40)14-22-30(25)37(46)32-31(35(22)44)34(43)21-9-6-10-24(48-2)29(21)36(32)45/h3-10,19,23,25,27-28,33,40,42,44,46-47H,11-18H2,1-2H3/t19-,23-,25-,27-,28+,33+,38-/m0/s1. The van der Waals surface area contributed by atoms with E-state index >= 15 is 0 Å². The molecule has 2 aliphatic heterocycles. The Hall–Kier alpha value is -4.25. The zero-order valence-corrected chi connectivity index (χ0v) is 28.7. The third-order valence-electron chi connectivity index (χ3n) is 10.5. The highest BCUT2D eigenvalue weighted by molar-refractivity contribution is 6.31. The minimum Gasteiger partial charge on any atom is -0.507 e. The minimum atomic E-state index is -2.28. The molecule has 0 amide bonds. The van der Waals surface area contributed by atoms with E-state index in [0.29, 0.717) is 26.3 Å². The number of morpholine rings is 1. The molecule has 0 spiro atoms. The van der Waals surface area contributed by atoms with Gasteiger partial charge in [-0.2, -0.15) is 0 Å². The summed E-state index contributed by atoms with van der Waals surface area (Å²) in [5, 5.41) is 56.1. The first kappa shape index (κ1) is 36.1. The Balaban J connectivity index is 1.20. The first-order valence-corrected chi connectivity index (χ1v) is 17.2. The van der Waals surface area contributed by atoms with Gasteiger partial charge in [0.1, 0.15) is 29.5 Å². The van der Waals surface area contributed by atoms with Crippen LogP contribution in [0.3, 0.4) is 0 Å². The van der Waals surface area contributed by atoms with Crippen molar-refractivity contribution in [3.63, 3.8) is 0 Å². The van der Waals surface area contributed by atoms with Crippen molar-refractivity contribution in [3.05, 3.63) is 87.5 Å². The normalized spacial score (nSPS) is 28.9. The lowest BCUT2D eigenvalue weighted by atomic mass is 9.72. The van der Waals surface area contributed by atoms with Gasteiger partial charge in [0, 0.05) is 48.5 Å². The Labute approximate surface area is 299 Å². The maximum atomic E-state index is 14.0. The van der Waals surface area contributed by atoms with Crippen LogP contribution in [-0.4, -0.2) is 118 Å². The van der Waals surface area contributed by atoms with Gasteiger partial charge in [-0.25, -0.2) is 0 Å². The number of carbonyl (C=O) groups is 3. The fourth-order valence-corrected chi connectivity index (χ4v) is 7.86. The van der Waals surface area contributed by atoms with E-state index in [2.05, 4.69) is 0 Å². The molecule has 5 N–H and O–H groups in total. The second kappa shape index (κ2) is 14.3. The summed E-state index contributed by atoms with van der Waals surface area (Å²) in [5.41, 5.74) is -2.68. The summed E-state index contributed by atoms with van der Waals surface area (Å²) in [7, 11) is 1.33. The SMILES string of the molecule is COc1cccc2c1C(=O)c1c(O)c3c(c(O)c1C2=O)C[C@@](O)(C(=O)CO)C[C@@H]3O[C@H]1C[C@H](N2CCO[C@H](OCc3ccccc3)C2)[C@H](O)[C@H](C)O1. The Morgan fingerprint density at radius 3 is 2.48 bits per heavy atom. The molecule has 14 heteroatoms. The van der Waals surface area contributed by atoms with Gasteiger partial charge in [-0.3, -0.25) is 19.3 Å². The summed E-state index contributed by atoms with van der Waals surface area (Å²) in [4.78, 5) is 42.7. The van der Waals surface area contributed by atoms with Gasteiger partial charge in [-0.1, -0.05) is 42.5 Å². The summed E-state index contributed by atoms with van der Waals surface area (Å²) in [6.07, 6.45) is -5.67. The Morgan fingerprint density at radius 1 is 1.00 bits per heavy atom. The summed E-state index contributed by atoms with van der Waals surface area (Å²) in [5.74, 6) is -3.77. The second-order valence-electron chi connectivity index (χ2n) is 13.7. The molecule has 0 saturated carbocycles. The topological polar surface area (TPSA) is 202 Å². The van der Waals surface area contributed by atoms with Crippen LogP contribution in [-0.2, 0) is 36.8 Å². The number of ether oxygens (including phenoxy) is 5. The van der Waals surface area contributed by atoms with Gasteiger partial charge in [-0.15, -0.1) is 0 Å². The highest BCUT2D eigenvalue weighted by Gasteiger charge is 2.50. The van der Waals surface area contributed by atoms with Crippen LogP contribution in [0.1, 0.15) is 74.4 Å². The number of fused-ring (bicyclic) bond motifs is 3. The second-order valence-corrected chi connectivity index (χ2v) is 13.7. The van der Waals surface area contributed by atoms with Crippen molar-refractivity contribution in [2.75, 3.05) is 33.4 Å². The Kier molecular flexibility index (Phi) is 9.93. The van der Waals surface area contributed by atoms with Gasteiger partial charge in [-0.05, 0) is 18.6 Å². The first-order valence-electron chi connectivity index (χ1n) is 17.2. The van der Waals surface area contributed by atoms with Crippen molar-refractivity contribution in [2.45, 2.75) is 75.3 Å². The molecule has 0 bridgehead atoms. The van der Waals surface area contributed by atoms with Crippen molar-refractivity contribution in [2.24, 2.45) is 0 Å². The van der Waals surface area contributed by atoms with Gasteiger partial charge in [0.25, 0.3) is 0 Å². The molecule has 2 heterocycles. The van der Waals surface area contributed by atoms with E-state index in [1.165, 1.54) is 25.3 Å². The summed E-state index contributed by atoms with van der Waals surface area (Å²) >= 11 is 0. The Bertz CT molecular complexity index is 1880. The van der Waals surface area contributed by atoms with E-state index in [4.69, 9.17) is 23.7 Å². The molecule has 0 aromatic heterocycles. The van der Waals surface area contributed by atoms with Crippen LogP contribution in [0.5, 0.6) is 17.2 Å². The van der Waals surface area contributed by atoms with Crippen LogP contribution in [0, 0.1) is 0 Å². The molecule has 276 valence electrons. The number of aliphatic hydroxyl groups excluding tert-OH is 2. The Morgan fingerprint density at radius 2 is 1.75 bits per heavy atom. The largest absolute Gasteiger partial charge is 0.507 e. The number of carbonyl (C=O) groups excluding carboxylic acids is 3. The van der Waals surface area contributed by atoms with Crippen LogP contribution in [0.15, 0.2) is 48.5 Å². The molecule has 3 aromatic rings. The molecule has 0 radical (unpaired) electrons. The smallest absolute Gasteiger partial charge is 0.202 e. The van der Waals surface area contributed by atoms with E-state index in [1.807, 2.05) is 35.2 Å². The molecule has 7 atom stereocenters. The number of methoxy groups -OCH3 is 1. The van der Waals surface area contributed by atoms with Crippen LogP contribution in [0.25, 0.3) is 0 Å². The average Bonchev–Trinajstić information content (AvgIpc) is 3.15. The lowest BCUT2D eigenvalue weighted by molar-refractivity contribution is -0.268. The predicted octanol–water partition coefficient (Wildman–Crippen LogP) is 1.92. The fraction of sp³-hybridized carbons (Fsp3) is 0.447. The molecule has 2 saturated heterocycles. The quantitative estimate of drug-likeness (QED) is 0.157.